The number of H-pyrrole nitrogens is 1. The SMILES string of the molecule is O=C1Cc2ccc(Nc3ncc(C(F)(F)F)c(NCc4cc(C5CC5)[nH]n4)n3)cc2N1. The summed E-state index contributed by atoms with van der Waals surface area (Å²) in [7, 11) is 0. The molecule has 0 atom stereocenters. The van der Waals surface area contributed by atoms with Gasteiger partial charge in [-0.1, -0.05) is 6.07 Å². The van der Waals surface area contributed by atoms with Crippen molar-refractivity contribution >= 4 is 29.0 Å². The number of aromatic amines is 1. The molecule has 0 spiro atoms. The zero-order valence-corrected chi connectivity index (χ0v) is 16.2. The second-order valence-corrected chi connectivity index (χ2v) is 7.62. The number of hydrogen-bond acceptors (Lipinski definition) is 6. The van der Waals surface area contributed by atoms with Crippen LogP contribution in [0.5, 0.6) is 0 Å². The summed E-state index contributed by atoms with van der Waals surface area (Å²) < 4.78 is 40.3. The quantitative estimate of drug-likeness (QED) is 0.473. The van der Waals surface area contributed by atoms with Gasteiger partial charge in [0.05, 0.1) is 18.7 Å². The van der Waals surface area contributed by atoms with Crippen molar-refractivity contribution in [2.24, 2.45) is 0 Å². The summed E-state index contributed by atoms with van der Waals surface area (Å²) in [4.78, 5) is 19.3. The predicted octanol–water partition coefficient (Wildman–Crippen LogP) is 3.95. The number of fused-ring (bicyclic) bond motifs is 1. The number of aromatic nitrogens is 4. The summed E-state index contributed by atoms with van der Waals surface area (Å²) in [6.45, 7) is 0.0909. The smallest absolute Gasteiger partial charge is 0.364 e. The predicted molar refractivity (Wildman–Crippen MR) is 107 cm³/mol. The van der Waals surface area contributed by atoms with Crippen LogP contribution in [0.15, 0.2) is 30.5 Å². The number of rotatable bonds is 6. The first-order valence-corrected chi connectivity index (χ1v) is 9.77. The van der Waals surface area contributed by atoms with E-state index in [1.807, 2.05) is 6.07 Å². The molecule has 1 fully saturated rings. The zero-order valence-electron chi connectivity index (χ0n) is 16.2. The number of benzene rings is 1. The van der Waals surface area contributed by atoms with Crippen LogP contribution in [0.25, 0.3) is 0 Å². The van der Waals surface area contributed by atoms with Crippen LogP contribution in [0.3, 0.4) is 0 Å². The van der Waals surface area contributed by atoms with Gasteiger partial charge in [0.15, 0.2) is 0 Å². The first-order valence-electron chi connectivity index (χ1n) is 9.77. The molecule has 1 aliphatic heterocycles. The molecule has 31 heavy (non-hydrogen) atoms. The van der Waals surface area contributed by atoms with Gasteiger partial charge in [-0.05, 0) is 36.6 Å². The lowest BCUT2D eigenvalue weighted by Crippen LogP contribution is -2.14. The standard InChI is InChI=1S/C20H18F3N7O/c21-20(22,23)14-9-25-19(26-12-4-3-11-5-17(31)27-15(11)6-12)28-18(14)24-8-13-7-16(30-29-13)10-1-2-10/h3-4,6-7,9-10H,1-2,5,8H2,(H,27,31)(H,29,30)(H2,24,25,26,28). The number of carbonyl (C=O) groups is 1. The van der Waals surface area contributed by atoms with Crippen LogP contribution >= 0.6 is 0 Å². The van der Waals surface area contributed by atoms with Gasteiger partial charge in [0.25, 0.3) is 0 Å². The molecule has 2 aromatic heterocycles. The van der Waals surface area contributed by atoms with Crippen molar-refractivity contribution in [3.8, 4) is 0 Å². The van der Waals surface area contributed by atoms with Gasteiger partial charge >= 0.3 is 6.18 Å². The Bertz CT molecular complexity index is 1150. The number of anilines is 4. The Labute approximate surface area is 174 Å². The maximum Gasteiger partial charge on any atom is 0.421 e. The van der Waals surface area contributed by atoms with Crippen LogP contribution in [0.1, 0.15) is 41.3 Å². The van der Waals surface area contributed by atoms with E-state index >= 15 is 0 Å². The van der Waals surface area contributed by atoms with Crippen molar-refractivity contribution in [1.82, 2.24) is 20.2 Å². The molecule has 0 saturated heterocycles. The first-order chi connectivity index (χ1) is 14.8. The summed E-state index contributed by atoms with van der Waals surface area (Å²) in [6.07, 6.45) is -1.37. The average molecular weight is 429 g/mol. The fraction of sp³-hybridized carbons (Fsp3) is 0.300. The molecule has 1 amide bonds. The molecular weight excluding hydrogens is 411 g/mol. The van der Waals surface area contributed by atoms with Gasteiger partial charge in [0.2, 0.25) is 11.9 Å². The van der Waals surface area contributed by atoms with Gasteiger partial charge in [0.1, 0.15) is 11.4 Å². The number of nitrogens with zero attached hydrogens (tertiary/aromatic N) is 3. The molecule has 0 unspecified atom stereocenters. The third-order valence-corrected chi connectivity index (χ3v) is 5.19. The molecule has 1 aromatic carbocycles. The molecule has 8 nitrogen and oxygen atoms in total. The second-order valence-electron chi connectivity index (χ2n) is 7.62. The topological polar surface area (TPSA) is 108 Å². The van der Waals surface area contributed by atoms with Gasteiger partial charge in [-0.25, -0.2) is 4.98 Å². The van der Waals surface area contributed by atoms with Crippen LogP contribution in [-0.2, 0) is 23.9 Å². The second kappa shape index (κ2) is 7.25. The van der Waals surface area contributed by atoms with Crippen LogP contribution in [-0.4, -0.2) is 26.1 Å². The molecule has 5 rings (SSSR count). The highest BCUT2D eigenvalue weighted by atomic mass is 19.4. The molecule has 0 bridgehead atoms. The third-order valence-electron chi connectivity index (χ3n) is 5.19. The molecule has 2 aliphatic rings. The first kappa shape index (κ1) is 19.3. The van der Waals surface area contributed by atoms with Crippen molar-refractivity contribution in [2.45, 2.75) is 37.9 Å². The lowest BCUT2D eigenvalue weighted by Gasteiger charge is -2.14. The number of carbonyl (C=O) groups excluding carboxylic acids is 1. The van der Waals surface area contributed by atoms with Gasteiger partial charge in [-0.2, -0.15) is 23.3 Å². The molecule has 3 aromatic rings. The van der Waals surface area contributed by atoms with Crippen LogP contribution in [0, 0.1) is 0 Å². The minimum Gasteiger partial charge on any atom is -0.364 e. The van der Waals surface area contributed by atoms with E-state index in [1.165, 1.54) is 0 Å². The number of alkyl halides is 3. The summed E-state index contributed by atoms with van der Waals surface area (Å²) >= 11 is 0. The van der Waals surface area contributed by atoms with E-state index in [0.29, 0.717) is 29.4 Å². The number of nitrogens with one attached hydrogen (secondary N) is 4. The van der Waals surface area contributed by atoms with E-state index in [4.69, 9.17) is 0 Å². The summed E-state index contributed by atoms with van der Waals surface area (Å²) in [6, 6.07) is 7.04. The maximum atomic E-state index is 13.4. The number of hydrogen-bond donors (Lipinski definition) is 4. The maximum absolute atomic E-state index is 13.4. The largest absolute Gasteiger partial charge is 0.421 e. The normalized spacial score (nSPS) is 15.5. The van der Waals surface area contributed by atoms with Crippen LogP contribution in [0.4, 0.5) is 36.3 Å². The Morgan fingerprint density at radius 2 is 2.03 bits per heavy atom. The molecule has 0 radical (unpaired) electrons. The van der Waals surface area contributed by atoms with Gasteiger partial charge in [-0.3, -0.25) is 9.89 Å². The van der Waals surface area contributed by atoms with Gasteiger partial charge < -0.3 is 16.0 Å². The van der Waals surface area contributed by atoms with Crippen molar-refractivity contribution in [1.29, 1.82) is 0 Å². The molecule has 1 saturated carbocycles. The molecule has 4 N–H and O–H groups in total. The monoisotopic (exact) mass is 429 g/mol. The van der Waals surface area contributed by atoms with Crippen molar-refractivity contribution in [2.75, 3.05) is 16.0 Å². The Kier molecular flexibility index (Phi) is 4.53. The highest BCUT2D eigenvalue weighted by molar-refractivity contribution is 5.99. The lowest BCUT2D eigenvalue weighted by molar-refractivity contribution is -0.137. The number of halogens is 3. The third kappa shape index (κ3) is 4.16. The molecule has 3 heterocycles. The Balaban J connectivity index is 1.36. The van der Waals surface area contributed by atoms with E-state index in [-0.39, 0.29) is 24.2 Å². The highest BCUT2D eigenvalue weighted by Gasteiger charge is 2.35. The van der Waals surface area contributed by atoms with Crippen molar-refractivity contribution in [3.63, 3.8) is 0 Å². The Hall–Kier alpha value is -3.63. The lowest BCUT2D eigenvalue weighted by atomic mass is 10.1. The minimum atomic E-state index is -4.61. The Morgan fingerprint density at radius 3 is 2.81 bits per heavy atom. The Morgan fingerprint density at radius 1 is 1.19 bits per heavy atom. The fourth-order valence-electron chi connectivity index (χ4n) is 3.45. The number of amides is 1. The van der Waals surface area contributed by atoms with Crippen molar-refractivity contribution in [3.05, 3.63) is 53.0 Å². The van der Waals surface area contributed by atoms with Crippen molar-refractivity contribution < 1.29 is 18.0 Å². The van der Waals surface area contributed by atoms with E-state index in [0.717, 1.165) is 30.3 Å². The fourth-order valence-corrected chi connectivity index (χ4v) is 3.45. The molecular formula is C20H18F3N7O. The highest BCUT2D eigenvalue weighted by Crippen LogP contribution is 2.39. The van der Waals surface area contributed by atoms with E-state index in [9.17, 15) is 18.0 Å². The van der Waals surface area contributed by atoms with Crippen LogP contribution < -0.4 is 16.0 Å². The average Bonchev–Trinajstić information content (AvgIpc) is 3.33. The summed E-state index contributed by atoms with van der Waals surface area (Å²) in [5.74, 6) is 0.0301. The van der Waals surface area contributed by atoms with E-state index < -0.39 is 11.7 Å². The zero-order chi connectivity index (χ0) is 21.6. The van der Waals surface area contributed by atoms with E-state index in [2.05, 4.69) is 36.1 Å². The minimum absolute atomic E-state index is 0.000436. The van der Waals surface area contributed by atoms with E-state index in [1.54, 1.807) is 18.2 Å². The summed E-state index contributed by atoms with van der Waals surface area (Å²) in [5.41, 5.74) is 2.71. The molecule has 160 valence electrons. The molecule has 11 heteroatoms. The molecule has 1 aliphatic carbocycles. The van der Waals surface area contributed by atoms with Gasteiger partial charge in [0, 0.05) is 29.2 Å². The van der Waals surface area contributed by atoms with Gasteiger partial charge in [-0.15, -0.1) is 0 Å². The summed E-state index contributed by atoms with van der Waals surface area (Å²) in [5, 5.41) is 15.4. The van der Waals surface area contributed by atoms with Crippen LogP contribution in [0.2, 0.25) is 0 Å².